The average molecular weight is 959 g/mol. The van der Waals surface area contributed by atoms with Crippen LogP contribution in [0.15, 0.2) is 164 Å². The first-order valence-corrected chi connectivity index (χ1v) is 22.3. The summed E-state index contributed by atoms with van der Waals surface area (Å²) >= 11 is 0. The van der Waals surface area contributed by atoms with E-state index in [0.29, 0.717) is 16.7 Å². The molecule has 9 rings (SSSR count). The predicted octanol–water partition coefficient (Wildman–Crippen LogP) is 9.46. The van der Waals surface area contributed by atoms with Crippen LogP contribution in [-0.2, 0) is 15.9 Å². The number of carbonyl (C=O) groups is 2. The van der Waals surface area contributed by atoms with Gasteiger partial charge in [0.25, 0.3) is 0 Å². The lowest BCUT2D eigenvalue weighted by Gasteiger charge is -2.31. The van der Waals surface area contributed by atoms with E-state index in [4.69, 9.17) is 9.47 Å². The van der Waals surface area contributed by atoms with Gasteiger partial charge in [0.15, 0.2) is 11.6 Å². The molecule has 0 radical (unpaired) electrons. The Balaban J connectivity index is 1.22. The molecule has 2 heterocycles. The molecule has 7 atom stereocenters. The van der Waals surface area contributed by atoms with Gasteiger partial charge in [-0.25, -0.2) is 0 Å². The normalized spacial score (nSPS) is 20.1. The molecule has 0 aliphatic carbocycles. The van der Waals surface area contributed by atoms with Gasteiger partial charge in [0.05, 0.1) is 29.3 Å². The molecular weight excluding hydrogens is 913 g/mol. The van der Waals surface area contributed by atoms with Crippen LogP contribution in [0.25, 0.3) is 0 Å². The highest BCUT2D eigenvalue weighted by atomic mass is 16.5. The fourth-order valence-corrected chi connectivity index (χ4v) is 9.69. The lowest BCUT2D eigenvalue weighted by molar-refractivity contribution is 0.0253. The minimum Gasteiger partial charge on any atom is -0.508 e. The SMILES string of the molecule is O=C(/C=C/C1=C[C@H](C(c2ccc(O)cc2O)c2cc([C@H]3O[C@@H](c4ccc(O)cc4)[C@H](C(=O)c4ccc(O)cc4O)[C@H]3Cc3ccc(O)cc3)c(O)cc2O)[C@@H](c2ccc(O)cc2)O1)c1ccc(O)cc1O. The van der Waals surface area contributed by atoms with Crippen molar-refractivity contribution < 1.29 is 75.2 Å². The lowest BCUT2D eigenvalue weighted by atomic mass is 9.73. The molecule has 2 aliphatic rings. The third kappa shape index (κ3) is 9.54. The summed E-state index contributed by atoms with van der Waals surface area (Å²) in [4.78, 5) is 28.3. The topological polar surface area (TPSA) is 275 Å². The first kappa shape index (κ1) is 47.0. The van der Waals surface area contributed by atoms with Crippen LogP contribution in [0.2, 0.25) is 0 Å². The number of ether oxygens (including phenoxy) is 2. The number of carbonyl (C=O) groups excluding carboxylic acids is 2. The maximum absolute atomic E-state index is 15.0. The number of hydrogen-bond donors (Lipinski definition) is 11. The Morgan fingerprint density at radius 2 is 1.00 bits per heavy atom. The monoisotopic (exact) mass is 958 g/mol. The fourth-order valence-electron chi connectivity index (χ4n) is 9.69. The van der Waals surface area contributed by atoms with E-state index in [-0.39, 0.29) is 74.5 Å². The van der Waals surface area contributed by atoms with Crippen molar-refractivity contribution in [3.63, 3.8) is 0 Å². The second-order valence-corrected chi connectivity index (χ2v) is 17.6. The predicted molar refractivity (Wildman–Crippen MR) is 256 cm³/mol. The number of allylic oxidation sites excluding steroid dienone is 2. The molecule has 0 amide bonds. The Labute approximate surface area is 405 Å². The van der Waals surface area contributed by atoms with Gasteiger partial charge in [-0.1, -0.05) is 42.5 Å². The smallest absolute Gasteiger partial charge is 0.189 e. The van der Waals surface area contributed by atoms with Gasteiger partial charge in [-0.15, -0.1) is 0 Å². The molecule has 1 saturated heterocycles. The summed E-state index contributed by atoms with van der Waals surface area (Å²) in [6, 6.07) is 32.0. The molecule has 15 heteroatoms. The highest BCUT2D eigenvalue weighted by Gasteiger charge is 2.51. The van der Waals surface area contributed by atoms with Crippen LogP contribution < -0.4 is 0 Å². The molecule has 7 aromatic rings. The zero-order valence-corrected chi connectivity index (χ0v) is 37.3. The van der Waals surface area contributed by atoms with Gasteiger partial charge in [-0.3, -0.25) is 9.59 Å². The number of phenolic OH excluding ortho intramolecular Hbond substituents is 11. The first-order chi connectivity index (χ1) is 34.0. The van der Waals surface area contributed by atoms with Gasteiger partial charge < -0.3 is 65.6 Å². The minimum absolute atomic E-state index is 0.0154. The second kappa shape index (κ2) is 19.1. The van der Waals surface area contributed by atoms with Gasteiger partial charge in [-0.05, 0) is 114 Å². The van der Waals surface area contributed by atoms with Gasteiger partial charge in [0.2, 0.25) is 0 Å². The molecule has 1 fully saturated rings. The zero-order valence-electron chi connectivity index (χ0n) is 37.3. The molecule has 15 nitrogen and oxygen atoms in total. The first-order valence-electron chi connectivity index (χ1n) is 22.3. The molecule has 0 bridgehead atoms. The fraction of sp³-hybridized carbons (Fsp3) is 0.143. The number of ketones is 2. The summed E-state index contributed by atoms with van der Waals surface area (Å²) in [7, 11) is 0. The molecule has 0 spiro atoms. The van der Waals surface area contributed by atoms with Crippen molar-refractivity contribution in [2.24, 2.45) is 17.8 Å². The summed E-state index contributed by atoms with van der Waals surface area (Å²) in [6.45, 7) is 0. The van der Waals surface area contributed by atoms with Crippen LogP contribution in [-0.4, -0.2) is 67.7 Å². The van der Waals surface area contributed by atoms with Crippen molar-refractivity contribution in [2.75, 3.05) is 0 Å². The second-order valence-electron chi connectivity index (χ2n) is 17.6. The van der Waals surface area contributed by atoms with Crippen LogP contribution in [0.3, 0.4) is 0 Å². The lowest BCUT2D eigenvalue weighted by Crippen LogP contribution is -2.27. The number of Topliss-reactive ketones (excluding diaryl/α,β-unsaturated/α-hetero) is 1. The van der Waals surface area contributed by atoms with E-state index in [1.807, 2.05) is 0 Å². The number of rotatable bonds is 13. The highest BCUT2D eigenvalue weighted by molar-refractivity contribution is 6.06. The Hall–Kier alpha value is -9.08. The summed E-state index contributed by atoms with van der Waals surface area (Å²) in [5.41, 5.74) is 1.74. The maximum atomic E-state index is 15.0. The van der Waals surface area contributed by atoms with Crippen LogP contribution in [0.1, 0.15) is 78.3 Å². The number of aromatic hydroxyl groups is 11. The van der Waals surface area contributed by atoms with E-state index in [1.54, 1.807) is 42.5 Å². The van der Waals surface area contributed by atoms with E-state index in [2.05, 4.69) is 0 Å². The number of benzene rings is 7. The molecule has 7 aromatic carbocycles. The Morgan fingerprint density at radius 3 is 1.58 bits per heavy atom. The van der Waals surface area contributed by atoms with Crippen LogP contribution in [0.5, 0.6) is 63.2 Å². The quantitative estimate of drug-likeness (QED) is 0.0379. The van der Waals surface area contributed by atoms with E-state index < -0.39 is 82.3 Å². The summed E-state index contributed by atoms with van der Waals surface area (Å²) in [5, 5.41) is 118. The third-order valence-electron chi connectivity index (χ3n) is 13.0. The molecule has 0 aromatic heterocycles. The van der Waals surface area contributed by atoms with E-state index in [9.17, 15) is 65.8 Å². The summed E-state index contributed by atoms with van der Waals surface area (Å²) in [6.07, 6.45) is 1.01. The summed E-state index contributed by atoms with van der Waals surface area (Å²) < 4.78 is 13.4. The van der Waals surface area contributed by atoms with E-state index in [1.165, 1.54) is 84.9 Å². The Morgan fingerprint density at radius 1 is 0.493 bits per heavy atom. The van der Waals surface area contributed by atoms with Crippen molar-refractivity contribution in [3.05, 3.63) is 208 Å². The molecule has 71 heavy (non-hydrogen) atoms. The van der Waals surface area contributed by atoms with Crippen molar-refractivity contribution >= 4 is 11.6 Å². The minimum atomic E-state index is -1.19. The van der Waals surface area contributed by atoms with Crippen molar-refractivity contribution in [3.8, 4) is 63.2 Å². The molecular formula is C56H46O15. The van der Waals surface area contributed by atoms with Gasteiger partial charge in [-0.2, -0.15) is 0 Å². The molecule has 0 saturated carbocycles. The molecule has 1 unspecified atom stereocenters. The third-order valence-corrected chi connectivity index (χ3v) is 13.0. The number of hydrogen-bond acceptors (Lipinski definition) is 15. The molecule has 360 valence electrons. The van der Waals surface area contributed by atoms with Gasteiger partial charge in [0.1, 0.15) is 75.1 Å². The largest absolute Gasteiger partial charge is 0.508 e. The van der Waals surface area contributed by atoms with Crippen molar-refractivity contribution in [1.82, 2.24) is 0 Å². The Bertz CT molecular complexity index is 3220. The molecule has 2 aliphatic heterocycles. The standard InChI is InChI=1S/C56H46O15/c57-31-7-1-28(2-8-31)21-43-52(53(69)40-19-15-36(62)24-48(40)66)55(30-5-11-33(59)12-6-30)71-56(43)42-26-41(49(67)27-50(42)68)51(39-18-14-35(61)23-47(39)65)44-25-37(70-54(44)29-3-9-32(58)10-4-29)16-20-45(63)38-17-13-34(60)22-46(38)64/h1-20,22-27,43-44,51-52,54-62,64-68H,21H2/b20-16+/t43-,44-,51?,52+,54-,55+,56-/m1/s1. The maximum Gasteiger partial charge on any atom is 0.189 e. The number of phenols is 11. The van der Waals surface area contributed by atoms with Crippen LogP contribution >= 0.6 is 0 Å². The van der Waals surface area contributed by atoms with Gasteiger partial charge in [0, 0.05) is 58.7 Å². The zero-order chi connectivity index (χ0) is 50.2. The Kier molecular flexibility index (Phi) is 12.7. The molecule has 11 N–H and O–H groups in total. The highest BCUT2D eigenvalue weighted by Crippen LogP contribution is 2.57. The summed E-state index contributed by atoms with van der Waals surface area (Å²) in [5.74, 6) is -8.28. The van der Waals surface area contributed by atoms with Crippen LogP contribution in [0, 0.1) is 17.8 Å². The van der Waals surface area contributed by atoms with E-state index in [0.717, 1.165) is 30.3 Å². The van der Waals surface area contributed by atoms with E-state index >= 15 is 0 Å². The average Bonchev–Trinajstić information content (AvgIpc) is 3.92. The van der Waals surface area contributed by atoms with Crippen molar-refractivity contribution in [2.45, 2.75) is 30.7 Å². The van der Waals surface area contributed by atoms with Crippen molar-refractivity contribution in [1.29, 1.82) is 0 Å². The van der Waals surface area contributed by atoms with Crippen LogP contribution in [0.4, 0.5) is 0 Å². The van der Waals surface area contributed by atoms with Gasteiger partial charge >= 0.3 is 0 Å².